The van der Waals surface area contributed by atoms with Gasteiger partial charge in [-0.05, 0) is 50.2 Å². The Morgan fingerprint density at radius 3 is 2.83 bits per heavy atom. The fourth-order valence-electron chi connectivity index (χ4n) is 2.96. The van der Waals surface area contributed by atoms with Gasteiger partial charge in [0.25, 0.3) is 0 Å². The molecule has 0 saturated heterocycles. The molecule has 2 aromatic rings. The van der Waals surface area contributed by atoms with Crippen molar-refractivity contribution in [2.45, 2.75) is 12.8 Å². The van der Waals surface area contributed by atoms with Gasteiger partial charge < -0.3 is 14.2 Å². The topological polar surface area (TPSA) is 17.4 Å². The number of hydrogen-bond acceptors (Lipinski definition) is 2. The second-order valence-electron chi connectivity index (χ2n) is 6.34. The molecule has 0 atom stereocenters. The van der Waals surface area contributed by atoms with E-state index in [-0.39, 0.29) is 5.82 Å². The van der Waals surface area contributed by atoms with Gasteiger partial charge in [0.2, 0.25) is 0 Å². The molecule has 1 aliphatic rings. The summed E-state index contributed by atoms with van der Waals surface area (Å²) in [6.07, 6.45) is 9.97. The van der Waals surface area contributed by atoms with Crippen LogP contribution in [-0.4, -0.2) is 36.7 Å². The maximum atomic E-state index is 14.4. The molecule has 0 N–H and O–H groups in total. The zero-order chi connectivity index (χ0) is 16.4. The highest BCUT2D eigenvalue weighted by atomic mass is 19.1. The Bertz CT molecular complexity index is 771. The van der Waals surface area contributed by atoms with Gasteiger partial charge in [0.1, 0.15) is 6.61 Å². The molecule has 23 heavy (non-hydrogen) atoms. The molecular formula is C19H23FN2O. The third kappa shape index (κ3) is 3.32. The van der Waals surface area contributed by atoms with Crippen molar-refractivity contribution in [3.05, 3.63) is 53.5 Å². The van der Waals surface area contributed by atoms with Gasteiger partial charge >= 0.3 is 0 Å². The van der Waals surface area contributed by atoms with Crippen molar-refractivity contribution in [3.8, 4) is 5.75 Å². The molecule has 1 heterocycles. The summed E-state index contributed by atoms with van der Waals surface area (Å²) >= 11 is 0. The SMILES string of the molecule is CN(C)CCc1cn(C)c2ccc(F)c(OCC3=CC=CC3)c12. The summed E-state index contributed by atoms with van der Waals surface area (Å²) in [4.78, 5) is 2.13. The number of fused-ring (bicyclic) bond motifs is 1. The molecule has 0 unspecified atom stereocenters. The molecule has 0 radical (unpaired) electrons. The van der Waals surface area contributed by atoms with Crippen LogP contribution in [0.25, 0.3) is 10.9 Å². The lowest BCUT2D eigenvalue weighted by atomic mass is 10.1. The summed E-state index contributed by atoms with van der Waals surface area (Å²) in [5, 5.41) is 0.904. The third-order valence-corrected chi connectivity index (χ3v) is 4.22. The van der Waals surface area contributed by atoms with E-state index < -0.39 is 0 Å². The van der Waals surface area contributed by atoms with E-state index in [0.717, 1.165) is 35.9 Å². The van der Waals surface area contributed by atoms with E-state index in [0.29, 0.717) is 12.4 Å². The Morgan fingerprint density at radius 1 is 1.30 bits per heavy atom. The van der Waals surface area contributed by atoms with Crippen LogP contribution >= 0.6 is 0 Å². The van der Waals surface area contributed by atoms with Gasteiger partial charge in [-0.15, -0.1) is 0 Å². The standard InChI is InChI=1S/C19H23FN2O/c1-21(2)11-10-15-12-22(3)17-9-8-16(20)19(18(15)17)23-13-14-6-4-5-7-14/h4-6,8-9,12H,7,10-11,13H2,1-3H3. The summed E-state index contributed by atoms with van der Waals surface area (Å²) in [5.41, 5.74) is 3.31. The van der Waals surface area contributed by atoms with Gasteiger partial charge in [-0.25, -0.2) is 4.39 Å². The number of benzene rings is 1. The second-order valence-corrected chi connectivity index (χ2v) is 6.34. The number of ether oxygens (including phenoxy) is 1. The molecule has 122 valence electrons. The lowest BCUT2D eigenvalue weighted by Gasteiger charge is -2.12. The fourth-order valence-corrected chi connectivity index (χ4v) is 2.96. The van der Waals surface area contributed by atoms with Crippen molar-refractivity contribution < 1.29 is 9.13 Å². The molecule has 3 nitrogen and oxygen atoms in total. The third-order valence-electron chi connectivity index (χ3n) is 4.22. The molecular weight excluding hydrogens is 291 g/mol. The number of rotatable bonds is 6. The Morgan fingerprint density at radius 2 is 2.13 bits per heavy atom. The van der Waals surface area contributed by atoms with Gasteiger partial charge in [0.05, 0.1) is 5.52 Å². The first-order valence-corrected chi connectivity index (χ1v) is 7.95. The molecule has 0 bridgehead atoms. The summed E-state index contributed by atoms with van der Waals surface area (Å²) in [6.45, 7) is 1.36. The van der Waals surface area contributed by atoms with E-state index in [2.05, 4.69) is 17.2 Å². The maximum absolute atomic E-state index is 14.4. The molecule has 0 saturated carbocycles. The van der Waals surface area contributed by atoms with Gasteiger partial charge in [0.15, 0.2) is 11.6 Å². The molecule has 4 heteroatoms. The van der Waals surface area contributed by atoms with Crippen LogP contribution in [0.2, 0.25) is 0 Å². The number of nitrogens with zero attached hydrogens (tertiary/aromatic N) is 2. The minimum absolute atomic E-state index is 0.290. The molecule has 1 aliphatic carbocycles. The fraction of sp³-hybridized carbons (Fsp3) is 0.368. The summed E-state index contributed by atoms with van der Waals surface area (Å²) in [5.74, 6) is 0.0889. The van der Waals surface area contributed by atoms with E-state index in [1.54, 1.807) is 0 Å². The van der Waals surface area contributed by atoms with Crippen molar-refractivity contribution in [2.24, 2.45) is 7.05 Å². The second kappa shape index (κ2) is 6.59. The van der Waals surface area contributed by atoms with Crippen molar-refractivity contribution >= 4 is 10.9 Å². The molecule has 0 aliphatic heterocycles. The van der Waals surface area contributed by atoms with Crippen molar-refractivity contribution in [2.75, 3.05) is 27.2 Å². The average Bonchev–Trinajstić information content (AvgIpc) is 3.12. The van der Waals surface area contributed by atoms with Crippen LogP contribution in [0.15, 0.2) is 42.1 Å². The smallest absolute Gasteiger partial charge is 0.165 e. The van der Waals surface area contributed by atoms with Crippen LogP contribution in [-0.2, 0) is 13.5 Å². The monoisotopic (exact) mass is 314 g/mol. The first-order valence-electron chi connectivity index (χ1n) is 7.95. The highest BCUT2D eigenvalue weighted by Gasteiger charge is 2.17. The molecule has 0 spiro atoms. The lowest BCUT2D eigenvalue weighted by molar-refractivity contribution is 0.335. The zero-order valence-electron chi connectivity index (χ0n) is 14.0. The Kier molecular flexibility index (Phi) is 4.53. The van der Waals surface area contributed by atoms with Crippen molar-refractivity contribution in [1.29, 1.82) is 0 Å². The van der Waals surface area contributed by atoms with Crippen LogP contribution in [0.5, 0.6) is 5.75 Å². The first kappa shape index (κ1) is 15.8. The lowest BCUT2D eigenvalue weighted by Crippen LogP contribution is -2.15. The quantitative estimate of drug-likeness (QED) is 0.809. The number of aryl methyl sites for hydroxylation is 1. The minimum atomic E-state index is -0.290. The summed E-state index contributed by atoms with van der Waals surface area (Å²) in [7, 11) is 6.08. The number of hydrogen-bond donors (Lipinski definition) is 0. The predicted octanol–water partition coefficient (Wildman–Crippen LogP) is 3.69. The Hall–Kier alpha value is -2.07. The number of likely N-dealkylation sites (N-methyl/N-ethyl adjacent to an activating group) is 1. The average molecular weight is 314 g/mol. The minimum Gasteiger partial charge on any atom is -0.485 e. The highest BCUT2D eigenvalue weighted by molar-refractivity contribution is 5.90. The van der Waals surface area contributed by atoms with Gasteiger partial charge in [-0.2, -0.15) is 0 Å². The van der Waals surface area contributed by atoms with Gasteiger partial charge in [-0.1, -0.05) is 18.2 Å². The Balaban J connectivity index is 1.95. The molecule has 1 aromatic carbocycles. The van der Waals surface area contributed by atoms with Crippen LogP contribution in [0.1, 0.15) is 12.0 Å². The van der Waals surface area contributed by atoms with Crippen LogP contribution in [0.3, 0.4) is 0 Å². The molecule has 3 rings (SSSR count). The number of aromatic nitrogens is 1. The van der Waals surface area contributed by atoms with Crippen LogP contribution < -0.4 is 4.74 Å². The highest BCUT2D eigenvalue weighted by Crippen LogP contribution is 2.34. The van der Waals surface area contributed by atoms with Crippen LogP contribution in [0, 0.1) is 5.82 Å². The largest absolute Gasteiger partial charge is 0.485 e. The number of allylic oxidation sites excluding steroid dienone is 3. The van der Waals surface area contributed by atoms with Crippen molar-refractivity contribution in [1.82, 2.24) is 9.47 Å². The molecule has 0 amide bonds. The van der Waals surface area contributed by atoms with E-state index in [1.807, 2.05) is 43.9 Å². The predicted molar refractivity (Wildman–Crippen MR) is 92.5 cm³/mol. The van der Waals surface area contributed by atoms with E-state index in [1.165, 1.54) is 11.6 Å². The first-order chi connectivity index (χ1) is 11.1. The van der Waals surface area contributed by atoms with Gasteiger partial charge in [0, 0.05) is 25.2 Å². The van der Waals surface area contributed by atoms with Crippen molar-refractivity contribution in [3.63, 3.8) is 0 Å². The van der Waals surface area contributed by atoms with E-state index in [4.69, 9.17) is 4.74 Å². The Labute approximate surface area is 136 Å². The molecule has 0 fully saturated rings. The summed E-state index contributed by atoms with van der Waals surface area (Å²) in [6, 6.07) is 3.32. The summed E-state index contributed by atoms with van der Waals surface area (Å²) < 4.78 is 22.3. The van der Waals surface area contributed by atoms with E-state index in [9.17, 15) is 4.39 Å². The maximum Gasteiger partial charge on any atom is 0.165 e. The normalized spacial score (nSPS) is 14.0. The number of halogens is 1. The van der Waals surface area contributed by atoms with Crippen LogP contribution in [0.4, 0.5) is 4.39 Å². The molecule has 1 aromatic heterocycles. The van der Waals surface area contributed by atoms with Gasteiger partial charge in [-0.3, -0.25) is 0 Å². The van der Waals surface area contributed by atoms with E-state index >= 15 is 0 Å². The zero-order valence-corrected chi connectivity index (χ0v) is 14.0.